The van der Waals surface area contributed by atoms with E-state index in [2.05, 4.69) is 0 Å². The molecule has 0 aliphatic carbocycles. The summed E-state index contributed by atoms with van der Waals surface area (Å²) in [5, 5.41) is 11.2. The minimum Gasteiger partial charge on any atom is -0.289 e. The molecule has 134 valence electrons. The number of hydrogen-bond donors (Lipinski definition) is 0. The van der Waals surface area contributed by atoms with Crippen LogP contribution in [-0.2, 0) is 6.42 Å². The van der Waals surface area contributed by atoms with Gasteiger partial charge in [0.1, 0.15) is 0 Å². The molecule has 4 heteroatoms. The number of ketones is 1. The Labute approximate surface area is 157 Å². The molecular formula is C23H19NO3. The van der Waals surface area contributed by atoms with Crippen molar-refractivity contribution in [3.8, 4) is 11.1 Å². The largest absolute Gasteiger partial charge is 0.289 e. The molecule has 0 unspecified atom stereocenters. The van der Waals surface area contributed by atoms with Crippen LogP contribution >= 0.6 is 0 Å². The molecule has 3 aromatic carbocycles. The lowest BCUT2D eigenvalue weighted by Crippen LogP contribution is -1.96. The van der Waals surface area contributed by atoms with Gasteiger partial charge in [-0.15, -0.1) is 0 Å². The summed E-state index contributed by atoms with van der Waals surface area (Å²) in [6, 6.07) is 22.4. The van der Waals surface area contributed by atoms with Crippen molar-refractivity contribution < 1.29 is 9.72 Å². The fourth-order valence-corrected chi connectivity index (χ4v) is 2.88. The fourth-order valence-electron chi connectivity index (χ4n) is 2.88. The summed E-state index contributed by atoms with van der Waals surface area (Å²) in [6.07, 6.45) is 3.65. The van der Waals surface area contributed by atoms with Gasteiger partial charge >= 0.3 is 0 Å². The molecule has 0 saturated carbocycles. The minimum atomic E-state index is -0.389. The molecule has 3 aromatic rings. The highest BCUT2D eigenvalue weighted by Gasteiger charge is 2.12. The van der Waals surface area contributed by atoms with Crippen LogP contribution in [0.25, 0.3) is 17.2 Å². The van der Waals surface area contributed by atoms with Crippen LogP contribution < -0.4 is 0 Å². The monoisotopic (exact) mass is 357 g/mol. The second-order valence-electron chi connectivity index (χ2n) is 6.14. The van der Waals surface area contributed by atoms with Gasteiger partial charge < -0.3 is 0 Å². The van der Waals surface area contributed by atoms with Crippen LogP contribution in [0.3, 0.4) is 0 Å². The van der Waals surface area contributed by atoms with Crippen molar-refractivity contribution >= 4 is 17.5 Å². The van der Waals surface area contributed by atoms with E-state index in [1.807, 2.05) is 49.4 Å². The number of aryl methyl sites for hydroxylation is 1. The van der Waals surface area contributed by atoms with Crippen molar-refractivity contribution in [2.24, 2.45) is 0 Å². The maximum Gasteiger partial charge on any atom is 0.273 e. The molecule has 0 N–H and O–H groups in total. The molecular weight excluding hydrogens is 338 g/mol. The number of carbonyl (C=O) groups excluding carboxylic acids is 1. The standard InChI is InChI=1S/C23H19NO3/c1-2-18-10-8-17(16-22(18)24(26)27)9-15-23(25)21-13-11-20(12-14-21)19-6-4-3-5-7-19/h3-16H,2H2,1H3/b15-9+. The van der Waals surface area contributed by atoms with E-state index in [9.17, 15) is 14.9 Å². The van der Waals surface area contributed by atoms with Crippen LogP contribution in [0.15, 0.2) is 78.9 Å². The van der Waals surface area contributed by atoms with E-state index in [4.69, 9.17) is 0 Å². The Morgan fingerprint density at radius 2 is 1.63 bits per heavy atom. The maximum absolute atomic E-state index is 12.4. The number of benzene rings is 3. The summed E-state index contributed by atoms with van der Waals surface area (Å²) < 4.78 is 0. The summed E-state index contributed by atoms with van der Waals surface area (Å²) >= 11 is 0. The molecule has 4 nitrogen and oxygen atoms in total. The highest BCUT2D eigenvalue weighted by atomic mass is 16.6. The van der Waals surface area contributed by atoms with Crippen LogP contribution in [0.4, 0.5) is 5.69 Å². The third-order valence-electron chi connectivity index (χ3n) is 4.39. The lowest BCUT2D eigenvalue weighted by atomic mass is 10.0. The first-order valence-corrected chi connectivity index (χ1v) is 8.73. The van der Waals surface area contributed by atoms with Crippen LogP contribution in [0.5, 0.6) is 0 Å². The van der Waals surface area contributed by atoms with Crippen molar-refractivity contribution in [2.45, 2.75) is 13.3 Å². The number of nitro groups is 1. The lowest BCUT2D eigenvalue weighted by Gasteiger charge is -2.03. The van der Waals surface area contributed by atoms with E-state index in [-0.39, 0.29) is 16.4 Å². The molecule has 0 saturated heterocycles. The van der Waals surface area contributed by atoms with E-state index >= 15 is 0 Å². The summed E-state index contributed by atoms with van der Waals surface area (Å²) in [5.41, 5.74) is 4.11. The van der Waals surface area contributed by atoms with Crippen molar-refractivity contribution in [1.82, 2.24) is 0 Å². The molecule has 0 spiro atoms. The van der Waals surface area contributed by atoms with Crippen molar-refractivity contribution in [3.05, 3.63) is 106 Å². The average Bonchev–Trinajstić information content (AvgIpc) is 2.72. The molecule has 0 bridgehead atoms. The molecule has 0 aliphatic heterocycles. The predicted molar refractivity (Wildman–Crippen MR) is 108 cm³/mol. The number of nitro benzene ring substituents is 1. The number of allylic oxidation sites excluding steroid dienone is 1. The van der Waals surface area contributed by atoms with E-state index in [1.165, 1.54) is 12.1 Å². The zero-order chi connectivity index (χ0) is 19.2. The Morgan fingerprint density at radius 1 is 0.963 bits per heavy atom. The normalized spacial score (nSPS) is 10.9. The summed E-state index contributed by atoms with van der Waals surface area (Å²) in [4.78, 5) is 23.2. The minimum absolute atomic E-state index is 0.0827. The molecule has 0 fully saturated rings. The van der Waals surface area contributed by atoms with E-state index in [1.54, 1.807) is 30.3 Å². The van der Waals surface area contributed by atoms with Gasteiger partial charge in [0.05, 0.1) is 4.92 Å². The Balaban J connectivity index is 1.77. The number of carbonyl (C=O) groups is 1. The summed E-state index contributed by atoms with van der Waals surface area (Å²) in [6.45, 7) is 1.88. The van der Waals surface area contributed by atoms with Gasteiger partial charge in [0, 0.05) is 17.2 Å². The van der Waals surface area contributed by atoms with E-state index in [0.29, 0.717) is 23.1 Å². The zero-order valence-electron chi connectivity index (χ0n) is 15.0. The van der Waals surface area contributed by atoms with Gasteiger partial charge in [0.15, 0.2) is 5.78 Å². The third-order valence-corrected chi connectivity index (χ3v) is 4.39. The Bertz CT molecular complexity index is 990. The number of nitrogens with zero attached hydrogens (tertiary/aromatic N) is 1. The first-order chi connectivity index (χ1) is 13.1. The second-order valence-corrected chi connectivity index (χ2v) is 6.14. The fraction of sp³-hybridized carbons (Fsp3) is 0.0870. The highest BCUT2D eigenvalue weighted by Crippen LogP contribution is 2.22. The third kappa shape index (κ3) is 4.36. The smallest absolute Gasteiger partial charge is 0.273 e. The maximum atomic E-state index is 12.4. The Hall–Kier alpha value is -3.53. The van der Waals surface area contributed by atoms with Crippen molar-refractivity contribution in [3.63, 3.8) is 0 Å². The summed E-state index contributed by atoms with van der Waals surface area (Å²) in [7, 11) is 0. The molecule has 0 radical (unpaired) electrons. The van der Waals surface area contributed by atoms with Gasteiger partial charge in [0.25, 0.3) is 5.69 Å². The zero-order valence-corrected chi connectivity index (χ0v) is 15.0. The van der Waals surface area contributed by atoms with E-state index in [0.717, 1.165) is 11.1 Å². The van der Waals surface area contributed by atoms with Crippen molar-refractivity contribution in [1.29, 1.82) is 0 Å². The molecule has 0 heterocycles. The molecule has 0 aliphatic rings. The molecule has 3 rings (SSSR count). The van der Waals surface area contributed by atoms with Crippen LogP contribution in [0.1, 0.15) is 28.4 Å². The molecule has 27 heavy (non-hydrogen) atoms. The van der Waals surface area contributed by atoms with Crippen LogP contribution in [-0.4, -0.2) is 10.7 Å². The number of hydrogen-bond acceptors (Lipinski definition) is 3. The van der Waals surface area contributed by atoms with Gasteiger partial charge in [0.2, 0.25) is 0 Å². The lowest BCUT2D eigenvalue weighted by molar-refractivity contribution is -0.385. The van der Waals surface area contributed by atoms with Gasteiger partial charge in [-0.25, -0.2) is 0 Å². The van der Waals surface area contributed by atoms with Gasteiger partial charge in [-0.3, -0.25) is 14.9 Å². The topological polar surface area (TPSA) is 60.2 Å². The van der Waals surface area contributed by atoms with Crippen molar-refractivity contribution in [2.75, 3.05) is 0 Å². The molecule has 0 aromatic heterocycles. The Kier molecular flexibility index (Phi) is 5.57. The summed E-state index contributed by atoms with van der Waals surface area (Å²) in [5.74, 6) is -0.142. The predicted octanol–water partition coefficient (Wildman–Crippen LogP) is 5.72. The first kappa shape index (κ1) is 18.3. The van der Waals surface area contributed by atoms with Crippen LogP contribution in [0, 0.1) is 10.1 Å². The average molecular weight is 357 g/mol. The molecule has 0 amide bonds. The SMILES string of the molecule is CCc1ccc(/C=C/C(=O)c2ccc(-c3ccccc3)cc2)cc1[N+](=O)[O-]. The molecule has 0 atom stereocenters. The highest BCUT2D eigenvalue weighted by molar-refractivity contribution is 6.07. The van der Waals surface area contributed by atoms with Crippen LogP contribution in [0.2, 0.25) is 0 Å². The number of rotatable bonds is 6. The van der Waals surface area contributed by atoms with Gasteiger partial charge in [-0.1, -0.05) is 79.7 Å². The first-order valence-electron chi connectivity index (χ1n) is 8.73. The Morgan fingerprint density at radius 3 is 2.26 bits per heavy atom. The second kappa shape index (κ2) is 8.23. The van der Waals surface area contributed by atoms with Gasteiger partial charge in [-0.05, 0) is 29.2 Å². The van der Waals surface area contributed by atoms with E-state index < -0.39 is 0 Å². The quantitative estimate of drug-likeness (QED) is 0.245. The van der Waals surface area contributed by atoms with Gasteiger partial charge in [-0.2, -0.15) is 0 Å².